The molecule has 1 amide bonds. The fraction of sp³-hybridized carbons (Fsp3) is 0.348. The summed E-state index contributed by atoms with van der Waals surface area (Å²) in [6.45, 7) is 1.88. The van der Waals surface area contributed by atoms with Crippen molar-refractivity contribution in [3.05, 3.63) is 70.8 Å². The summed E-state index contributed by atoms with van der Waals surface area (Å²) in [5, 5.41) is 10.6. The van der Waals surface area contributed by atoms with Gasteiger partial charge in [0.25, 0.3) is 5.91 Å². The number of likely N-dealkylation sites (N-methyl/N-ethyl adjacent to an activating group) is 1. The second kappa shape index (κ2) is 9.42. The van der Waals surface area contributed by atoms with Crippen molar-refractivity contribution in [3.63, 3.8) is 0 Å². The van der Waals surface area contributed by atoms with E-state index < -0.39 is 23.1 Å². The minimum absolute atomic E-state index is 0.0797. The van der Waals surface area contributed by atoms with Gasteiger partial charge in [-0.25, -0.2) is 0 Å². The van der Waals surface area contributed by atoms with Crippen molar-refractivity contribution >= 4 is 17.3 Å². The van der Waals surface area contributed by atoms with Crippen molar-refractivity contribution in [2.45, 2.75) is 38.0 Å². The van der Waals surface area contributed by atoms with E-state index in [1.807, 2.05) is 0 Å². The Morgan fingerprint density at radius 3 is 2.31 bits per heavy atom. The SMILES string of the molecule is CNC(=O)/C(=N\OC)c1ccccc1CO/N=C(\C)C1(c2ccc(C(F)(F)F)cc2)CC1. The first-order chi connectivity index (χ1) is 15.2. The number of amides is 1. The highest BCUT2D eigenvalue weighted by Crippen LogP contribution is 2.50. The van der Waals surface area contributed by atoms with Crippen molar-refractivity contribution < 1.29 is 27.6 Å². The average molecular weight is 447 g/mol. The van der Waals surface area contributed by atoms with E-state index in [4.69, 9.17) is 9.68 Å². The quantitative estimate of drug-likeness (QED) is 0.481. The molecule has 0 aromatic heterocycles. The van der Waals surface area contributed by atoms with Gasteiger partial charge in [0, 0.05) is 23.6 Å². The van der Waals surface area contributed by atoms with Crippen LogP contribution in [-0.2, 0) is 32.7 Å². The van der Waals surface area contributed by atoms with E-state index in [0.717, 1.165) is 30.5 Å². The zero-order valence-corrected chi connectivity index (χ0v) is 18.0. The lowest BCUT2D eigenvalue weighted by atomic mass is 9.91. The zero-order valence-electron chi connectivity index (χ0n) is 18.0. The van der Waals surface area contributed by atoms with Crippen molar-refractivity contribution in [1.82, 2.24) is 5.32 Å². The number of nitrogens with one attached hydrogen (secondary N) is 1. The zero-order chi connectivity index (χ0) is 23.4. The molecule has 0 radical (unpaired) electrons. The van der Waals surface area contributed by atoms with E-state index >= 15 is 0 Å². The van der Waals surface area contributed by atoms with Gasteiger partial charge in [0.1, 0.15) is 13.7 Å². The molecule has 1 saturated carbocycles. The van der Waals surface area contributed by atoms with Crippen molar-refractivity contribution in [3.8, 4) is 0 Å². The Hall–Kier alpha value is -3.36. The fourth-order valence-electron chi connectivity index (χ4n) is 3.55. The van der Waals surface area contributed by atoms with Crippen LogP contribution in [0, 0.1) is 0 Å². The summed E-state index contributed by atoms with van der Waals surface area (Å²) in [4.78, 5) is 22.5. The Labute approximate surface area is 184 Å². The normalized spacial score (nSPS) is 15.8. The molecule has 1 aliphatic carbocycles. The largest absolute Gasteiger partial charge is 0.416 e. The van der Waals surface area contributed by atoms with Gasteiger partial charge in [-0.2, -0.15) is 13.2 Å². The number of hydrogen-bond acceptors (Lipinski definition) is 5. The Kier molecular flexibility index (Phi) is 6.86. The predicted octanol–water partition coefficient (Wildman–Crippen LogP) is 4.43. The summed E-state index contributed by atoms with van der Waals surface area (Å²) >= 11 is 0. The lowest BCUT2D eigenvalue weighted by Gasteiger charge is -2.17. The van der Waals surface area contributed by atoms with Gasteiger partial charge in [0.2, 0.25) is 0 Å². The number of hydrogen-bond donors (Lipinski definition) is 1. The molecule has 2 aromatic rings. The van der Waals surface area contributed by atoms with E-state index in [0.29, 0.717) is 16.8 Å². The van der Waals surface area contributed by atoms with E-state index in [1.54, 1.807) is 31.2 Å². The van der Waals surface area contributed by atoms with Gasteiger partial charge in [-0.3, -0.25) is 4.79 Å². The molecule has 1 fully saturated rings. The van der Waals surface area contributed by atoms with Gasteiger partial charge in [0.15, 0.2) is 5.71 Å². The molecule has 32 heavy (non-hydrogen) atoms. The van der Waals surface area contributed by atoms with Crippen LogP contribution in [0.2, 0.25) is 0 Å². The van der Waals surface area contributed by atoms with E-state index in [-0.39, 0.29) is 12.3 Å². The monoisotopic (exact) mass is 447 g/mol. The van der Waals surface area contributed by atoms with E-state index in [9.17, 15) is 18.0 Å². The molecule has 9 heteroatoms. The second-order valence-corrected chi connectivity index (χ2v) is 7.47. The van der Waals surface area contributed by atoms with Crippen LogP contribution < -0.4 is 5.32 Å². The Morgan fingerprint density at radius 2 is 1.75 bits per heavy atom. The van der Waals surface area contributed by atoms with Crippen LogP contribution in [0.5, 0.6) is 0 Å². The summed E-state index contributed by atoms with van der Waals surface area (Å²) in [5.74, 6) is -0.404. The molecule has 0 bridgehead atoms. The van der Waals surface area contributed by atoms with Gasteiger partial charge in [0.05, 0.1) is 11.3 Å². The maximum atomic E-state index is 12.8. The molecular weight excluding hydrogens is 423 g/mol. The molecule has 3 rings (SSSR count). The summed E-state index contributed by atoms with van der Waals surface area (Å²) in [6.07, 6.45) is -2.79. The van der Waals surface area contributed by atoms with Crippen molar-refractivity contribution in [2.75, 3.05) is 14.2 Å². The van der Waals surface area contributed by atoms with E-state index in [2.05, 4.69) is 15.6 Å². The molecule has 1 aliphatic rings. The summed E-state index contributed by atoms with van der Waals surface area (Å²) in [6, 6.07) is 12.3. The molecule has 0 spiro atoms. The molecular formula is C23H24F3N3O3. The number of carbonyl (C=O) groups is 1. The van der Waals surface area contributed by atoms with Crippen LogP contribution in [-0.4, -0.2) is 31.5 Å². The fourth-order valence-corrected chi connectivity index (χ4v) is 3.55. The van der Waals surface area contributed by atoms with Gasteiger partial charge in [-0.15, -0.1) is 0 Å². The lowest BCUT2D eigenvalue weighted by molar-refractivity contribution is -0.137. The smallest absolute Gasteiger partial charge is 0.398 e. The third-order valence-corrected chi connectivity index (χ3v) is 5.53. The van der Waals surface area contributed by atoms with Crippen LogP contribution >= 0.6 is 0 Å². The maximum absolute atomic E-state index is 12.8. The van der Waals surface area contributed by atoms with Gasteiger partial charge < -0.3 is 15.0 Å². The van der Waals surface area contributed by atoms with Gasteiger partial charge in [-0.1, -0.05) is 46.7 Å². The molecule has 6 nitrogen and oxygen atoms in total. The van der Waals surface area contributed by atoms with Crippen molar-refractivity contribution in [1.29, 1.82) is 0 Å². The number of oxime groups is 2. The summed E-state index contributed by atoms with van der Waals surface area (Å²) in [7, 11) is 2.85. The Bertz CT molecular complexity index is 1030. The third kappa shape index (κ3) is 4.92. The first kappa shape index (κ1) is 23.3. The maximum Gasteiger partial charge on any atom is 0.416 e. The molecule has 0 aliphatic heterocycles. The minimum Gasteiger partial charge on any atom is -0.398 e. The molecule has 0 unspecified atom stereocenters. The van der Waals surface area contributed by atoms with E-state index in [1.165, 1.54) is 26.3 Å². The first-order valence-corrected chi connectivity index (χ1v) is 9.99. The highest BCUT2D eigenvalue weighted by molar-refractivity contribution is 6.45. The van der Waals surface area contributed by atoms with Crippen LogP contribution in [0.25, 0.3) is 0 Å². The minimum atomic E-state index is -4.37. The van der Waals surface area contributed by atoms with Crippen LogP contribution in [0.1, 0.15) is 42.0 Å². The average Bonchev–Trinajstić information content (AvgIpc) is 3.59. The third-order valence-electron chi connectivity index (χ3n) is 5.53. The number of nitrogens with zero attached hydrogens (tertiary/aromatic N) is 2. The van der Waals surface area contributed by atoms with Crippen molar-refractivity contribution in [2.24, 2.45) is 10.3 Å². The number of halogens is 3. The van der Waals surface area contributed by atoms with Crippen LogP contribution in [0.4, 0.5) is 13.2 Å². The molecule has 170 valence electrons. The topological polar surface area (TPSA) is 72.3 Å². The van der Waals surface area contributed by atoms with Crippen LogP contribution in [0.15, 0.2) is 58.8 Å². The lowest BCUT2D eigenvalue weighted by Crippen LogP contribution is -2.29. The summed E-state index contributed by atoms with van der Waals surface area (Å²) in [5.41, 5.74) is 1.72. The van der Waals surface area contributed by atoms with Crippen LogP contribution in [0.3, 0.4) is 0 Å². The standard InChI is InChI=1S/C23H24F3N3O3/c1-15(22(12-13-22)17-8-10-18(11-9-17)23(24,25)26)28-32-14-16-6-4-5-7-19(16)20(29-31-3)21(30)27-2/h4-11H,12-14H2,1-3H3,(H,27,30)/b28-15+,29-20-. The number of benzene rings is 2. The molecule has 1 N–H and O–H groups in total. The Balaban J connectivity index is 1.76. The molecule has 2 aromatic carbocycles. The van der Waals surface area contributed by atoms with Gasteiger partial charge >= 0.3 is 6.18 Å². The first-order valence-electron chi connectivity index (χ1n) is 9.99. The molecule has 0 atom stereocenters. The van der Waals surface area contributed by atoms with Gasteiger partial charge in [-0.05, 0) is 37.5 Å². The Morgan fingerprint density at radius 1 is 1.09 bits per heavy atom. The highest BCUT2D eigenvalue weighted by Gasteiger charge is 2.48. The second-order valence-electron chi connectivity index (χ2n) is 7.47. The summed E-state index contributed by atoms with van der Waals surface area (Å²) < 4.78 is 38.5. The highest BCUT2D eigenvalue weighted by atomic mass is 19.4. The number of rotatable bonds is 8. The number of alkyl halides is 3. The molecule has 0 saturated heterocycles. The predicted molar refractivity (Wildman–Crippen MR) is 114 cm³/mol. The number of carbonyl (C=O) groups excluding carboxylic acids is 1. The molecule has 0 heterocycles.